The zero-order valence-electron chi connectivity index (χ0n) is 12.1. The highest BCUT2D eigenvalue weighted by Gasteiger charge is 2.37. The third kappa shape index (κ3) is 2.80. The van der Waals surface area contributed by atoms with Crippen molar-refractivity contribution in [1.82, 2.24) is 4.98 Å². The van der Waals surface area contributed by atoms with Gasteiger partial charge in [-0.25, -0.2) is 4.98 Å². The van der Waals surface area contributed by atoms with Crippen molar-refractivity contribution in [3.05, 3.63) is 17.7 Å². The summed E-state index contributed by atoms with van der Waals surface area (Å²) in [6.45, 7) is 0.804. The predicted octanol–water partition coefficient (Wildman–Crippen LogP) is 3.91. The summed E-state index contributed by atoms with van der Waals surface area (Å²) in [5.74, 6) is 1.36. The third-order valence-corrected chi connectivity index (χ3v) is 4.68. The molecule has 1 saturated heterocycles. The molecule has 2 aliphatic rings. The van der Waals surface area contributed by atoms with Crippen LogP contribution in [-0.4, -0.2) is 24.6 Å². The molecule has 3 nitrogen and oxygen atoms in total. The number of pyridine rings is 1. The average molecular weight is 299 g/mol. The number of halogens is 3. The first-order valence-electron chi connectivity index (χ1n) is 7.52. The second-order valence-electron chi connectivity index (χ2n) is 5.94. The summed E-state index contributed by atoms with van der Waals surface area (Å²) in [7, 11) is 1.60. The number of piperidine rings is 1. The summed E-state index contributed by atoms with van der Waals surface area (Å²) < 4.78 is 39.1. The Hall–Kier alpha value is -1.46. The lowest BCUT2D eigenvalue weighted by atomic mass is 9.92. The van der Waals surface area contributed by atoms with E-state index in [-0.39, 0.29) is 5.82 Å². The van der Waals surface area contributed by atoms with Gasteiger partial charge in [0, 0.05) is 19.6 Å². The van der Waals surface area contributed by atoms with Crippen molar-refractivity contribution in [3.8, 4) is 0 Å². The Kier molecular flexibility index (Phi) is 3.71. The molecule has 0 radical (unpaired) electrons. The van der Waals surface area contributed by atoms with Crippen molar-refractivity contribution in [1.29, 1.82) is 0 Å². The van der Waals surface area contributed by atoms with E-state index in [9.17, 15) is 13.2 Å². The molecule has 1 aliphatic heterocycles. The van der Waals surface area contributed by atoms with E-state index in [2.05, 4.69) is 15.2 Å². The smallest absolute Gasteiger partial charge is 0.373 e. The van der Waals surface area contributed by atoms with Crippen molar-refractivity contribution in [2.24, 2.45) is 5.92 Å². The number of hydrogen-bond acceptors (Lipinski definition) is 3. The van der Waals surface area contributed by atoms with E-state index in [1.54, 1.807) is 7.05 Å². The molecule has 2 unspecified atom stereocenters. The van der Waals surface area contributed by atoms with Gasteiger partial charge in [-0.05, 0) is 43.7 Å². The average Bonchev–Trinajstić information content (AvgIpc) is 2.94. The lowest BCUT2D eigenvalue weighted by molar-refractivity contribution is -0.137. The zero-order chi connectivity index (χ0) is 15.0. The van der Waals surface area contributed by atoms with E-state index in [0.717, 1.165) is 25.5 Å². The lowest BCUT2D eigenvalue weighted by Gasteiger charge is -2.39. The Labute approximate surface area is 122 Å². The molecule has 1 N–H and O–H groups in total. The normalized spacial score (nSPS) is 25.8. The molecular weight excluding hydrogens is 279 g/mol. The minimum atomic E-state index is -4.34. The van der Waals surface area contributed by atoms with Crippen molar-refractivity contribution in [3.63, 3.8) is 0 Å². The summed E-state index contributed by atoms with van der Waals surface area (Å²) in [5, 5.41) is 2.74. The van der Waals surface area contributed by atoms with E-state index < -0.39 is 11.7 Å². The minimum absolute atomic E-state index is 0.278. The van der Waals surface area contributed by atoms with Gasteiger partial charge in [-0.1, -0.05) is 6.42 Å². The van der Waals surface area contributed by atoms with E-state index in [1.807, 2.05) is 0 Å². The number of rotatable bonds is 2. The van der Waals surface area contributed by atoms with Crippen LogP contribution in [0.5, 0.6) is 0 Å². The van der Waals surface area contributed by atoms with Gasteiger partial charge in [0.25, 0.3) is 0 Å². The first kappa shape index (κ1) is 14.5. The predicted molar refractivity (Wildman–Crippen MR) is 76.5 cm³/mol. The van der Waals surface area contributed by atoms with Crippen LogP contribution >= 0.6 is 0 Å². The fraction of sp³-hybridized carbons (Fsp3) is 0.667. The number of fused-ring (bicyclic) bond motifs is 1. The lowest BCUT2D eigenvalue weighted by Crippen LogP contribution is -2.43. The molecule has 21 heavy (non-hydrogen) atoms. The van der Waals surface area contributed by atoms with Crippen LogP contribution < -0.4 is 10.2 Å². The van der Waals surface area contributed by atoms with Crippen LogP contribution in [0.25, 0.3) is 0 Å². The van der Waals surface area contributed by atoms with Gasteiger partial charge in [0.15, 0.2) is 0 Å². The molecule has 0 bridgehead atoms. The van der Waals surface area contributed by atoms with Crippen molar-refractivity contribution in [2.75, 3.05) is 23.8 Å². The standard InChI is InChI=1S/C15H20F3N3/c1-19-13-8-11(15(16,17)18)9-14(20-13)21-7-3-5-10-4-2-6-12(10)21/h8-10,12H,2-7H2,1H3,(H,19,20). The number of hydrogen-bond donors (Lipinski definition) is 1. The molecule has 2 heterocycles. The molecule has 6 heteroatoms. The fourth-order valence-electron chi connectivity index (χ4n) is 3.69. The number of anilines is 2. The Morgan fingerprint density at radius 2 is 1.95 bits per heavy atom. The Balaban J connectivity index is 1.97. The maximum absolute atomic E-state index is 13.0. The van der Waals surface area contributed by atoms with E-state index in [4.69, 9.17) is 0 Å². The maximum Gasteiger partial charge on any atom is 0.416 e. The van der Waals surface area contributed by atoms with Gasteiger partial charge < -0.3 is 10.2 Å². The van der Waals surface area contributed by atoms with Crippen LogP contribution in [0.2, 0.25) is 0 Å². The van der Waals surface area contributed by atoms with Gasteiger partial charge in [-0.2, -0.15) is 13.2 Å². The topological polar surface area (TPSA) is 28.2 Å². The molecule has 3 rings (SSSR count). The molecule has 2 fully saturated rings. The second kappa shape index (κ2) is 5.39. The highest BCUT2D eigenvalue weighted by Crippen LogP contribution is 2.40. The second-order valence-corrected chi connectivity index (χ2v) is 5.94. The molecule has 1 aromatic heterocycles. The third-order valence-electron chi connectivity index (χ3n) is 4.68. The van der Waals surface area contributed by atoms with Crippen LogP contribution in [0.15, 0.2) is 12.1 Å². The molecule has 1 aliphatic carbocycles. The van der Waals surface area contributed by atoms with E-state index >= 15 is 0 Å². The van der Waals surface area contributed by atoms with Gasteiger partial charge in [0.2, 0.25) is 0 Å². The van der Waals surface area contributed by atoms with Crippen LogP contribution in [-0.2, 0) is 6.18 Å². The SMILES string of the molecule is CNc1cc(C(F)(F)F)cc(N2CCCC3CCCC32)n1. The van der Waals surface area contributed by atoms with Crippen LogP contribution in [0.4, 0.5) is 24.8 Å². The molecule has 2 atom stereocenters. The number of aromatic nitrogens is 1. The summed E-state index contributed by atoms with van der Waals surface area (Å²) in [6, 6.07) is 2.63. The van der Waals surface area contributed by atoms with Crippen LogP contribution in [0, 0.1) is 5.92 Å². The van der Waals surface area contributed by atoms with E-state index in [1.165, 1.54) is 25.3 Å². The minimum Gasteiger partial charge on any atom is -0.373 e. The van der Waals surface area contributed by atoms with Gasteiger partial charge in [-0.15, -0.1) is 0 Å². The highest BCUT2D eigenvalue weighted by atomic mass is 19.4. The number of nitrogens with zero attached hydrogens (tertiary/aromatic N) is 2. The molecule has 1 saturated carbocycles. The quantitative estimate of drug-likeness (QED) is 0.897. The van der Waals surface area contributed by atoms with E-state index in [0.29, 0.717) is 17.8 Å². The molecule has 0 amide bonds. The Bertz CT molecular complexity index is 515. The first-order chi connectivity index (χ1) is 9.99. The van der Waals surface area contributed by atoms with Crippen LogP contribution in [0.3, 0.4) is 0 Å². The summed E-state index contributed by atoms with van der Waals surface area (Å²) in [5.41, 5.74) is -0.628. The molecule has 116 valence electrons. The van der Waals surface area contributed by atoms with Crippen molar-refractivity contribution >= 4 is 11.6 Å². The fourth-order valence-corrected chi connectivity index (χ4v) is 3.69. The molecular formula is C15H20F3N3. The van der Waals surface area contributed by atoms with Gasteiger partial charge in [-0.3, -0.25) is 0 Å². The zero-order valence-corrected chi connectivity index (χ0v) is 12.1. The van der Waals surface area contributed by atoms with Crippen LogP contribution in [0.1, 0.15) is 37.7 Å². The Morgan fingerprint density at radius 3 is 2.67 bits per heavy atom. The highest BCUT2D eigenvalue weighted by molar-refractivity contribution is 5.52. The van der Waals surface area contributed by atoms with Crippen molar-refractivity contribution < 1.29 is 13.2 Å². The summed E-state index contributed by atoms with van der Waals surface area (Å²) >= 11 is 0. The first-order valence-corrected chi connectivity index (χ1v) is 7.52. The largest absolute Gasteiger partial charge is 0.416 e. The van der Waals surface area contributed by atoms with Gasteiger partial charge in [0.1, 0.15) is 11.6 Å². The Morgan fingerprint density at radius 1 is 1.19 bits per heavy atom. The van der Waals surface area contributed by atoms with Crippen molar-refractivity contribution in [2.45, 2.75) is 44.3 Å². The maximum atomic E-state index is 13.0. The van der Waals surface area contributed by atoms with Gasteiger partial charge >= 0.3 is 6.18 Å². The summed E-state index contributed by atoms with van der Waals surface area (Å²) in [4.78, 5) is 6.46. The number of nitrogens with one attached hydrogen (secondary N) is 1. The summed E-state index contributed by atoms with van der Waals surface area (Å²) in [6.07, 6.45) is 1.32. The molecule has 0 spiro atoms. The molecule has 1 aromatic rings. The van der Waals surface area contributed by atoms with Gasteiger partial charge in [0.05, 0.1) is 5.56 Å². The number of alkyl halides is 3. The molecule has 0 aromatic carbocycles. The monoisotopic (exact) mass is 299 g/mol.